The van der Waals surface area contributed by atoms with Crippen LogP contribution in [0.4, 0.5) is 5.82 Å². The number of hydrogen-bond acceptors (Lipinski definition) is 6. The van der Waals surface area contributed by atoms with Crippen LogP contribution in [0.1, 0.15) is 23.9 Å². The van der Waals surface area contributed by atoms with Gasteiger partial charge in [-0.15, -0.1) is 10.2 Å². The maximum atomic E-state index is 12.1. The van der Waals surface area contributed by atoms with Crippen LogP contribution in [0.15, 0.2) is 42.5 Å². The molecule has 2 aromatic heterocycles. The Bertz CT molecular complexity index is 953. The normalized spacial score (nSPS) is 11.7. The lowest BCUT2D eigenvalue weighted by atomic mass is 10.2. The van der Waals surface area contributed by atoms with Gasteiger partial charge in [0.1, 0.15) is 11.6 Å². The Morgan fingerprint density at radius 2 is 1.83 bits per heavy atom. The summed E-state index contributed by atoms with van der Waals surface area (Å²) in [6, 6.07) is 13.0. The molecule has 29 heavy (non-hydrogen) atoms. The van der Waals surface area contributed by atoms with Gasteiger partial charge in [-0.1, -0.05) is 18.2 Å². The van der Waals surface area contributed by atoms with Gasteiger partial charge in [0.25, 0.3) is 5.91 Å². The molecule has 0 aliphatic carbocycles. The van der Waals surface area contributed by atoms with Crippen LogP contribution in [0.25, 0.3) is 5.82 Å². The van der Waals surface area contributed by atoms with Crippen molar-refractivity contribution in [1.29, 1.82) is 0 Å². The fraction of sp³-hybridized carbons (Fsp3) is 0.333. The summed E-state index contributed by atoms with van der Waals surface area (Å²) < 4.78 is 7.39. The maximum Gasteiger partial charge on any atom is 0.260 e. The number of benzene rings is 1. The van der Waals surface area contributed by atoms with Gasteiger partial charge < -0.3 is 15.4 Å². The molecule has 1 aromatic carbocycles. The van der Waals surface area contributed by atoms with Crippen molar-refractivity contribution >= 4 is 11.7 Å². The highest BCUT2D eigenvalue weighted by Crippen LogP contribution is 2.15. The first-order chi connectivity index (χ1) is 14.0. The van der Waals surface area contributed by atoms with Crippen LogP contribution in [0.2, 0.25) is 0 Å². The molecule has 0 fully saturated rings. The molecule has 0 saturated carbocycles. The van der Waals surface area contributed by atoms with E-state index >= 15 is 0 Å². The van der Waals surface area contributed by atoms with Gasteiger partial charge in [-0.2, -0.15) is 5.10 Å². The third kappa shape index (κ3) is 5.10. The molecule has 1 atom stereocenters. The average molecular weight is 394 g/mol. The van der Waals surface area contributed by atoms with Gasteiger partial charge in [-0.05, 0) is 57.5 Å². The van der Waals surface area contributed by atoms with E-state index in [2.05, 4.69) is 25.9 Å². The minimum atomic E-state index is -0.569. The molecule has 2 heterocycles. The molecule has 0 radical (unpaired) electrons. The lowest BCUT2D eigenvalue weighted by molar-refractivity contribution is -0.127. The predicted octanol–water partition coefficient (Wildman–Crippen LogP) is 2.58. The van der Waals surface area contributed by atoms with E-state index in [1.165, 1.54) is 0 Å². The van der Waals surface area contributed by atoms with Crippen LogP contribution in [-0.4, -0.2) is 45.1 Å². The van der Waals surface area contributed by atoms with E-state index < -0.39 is 6.10 Å². The molecule has 1 unspecified atom stereocenters. The Labute approximate surface area is 170 Å². The second-order valence-corrected chi connectivity index (χ2v) is 6.78. The average Bonchev–Trinajstić information content (AvgIpc) is 2.99. The minimum Gasteiger partial charge on any atom is -0.481 e. The molecular formula is C21H26N6O2. The van der Waals surface area contributed by atoms with Crippen LogP contribution >= 0.6 is 0 Å². The molecule has 8 heteroatoms. The fourth-order valence-corrected chi connectivity index (χ4v) is 2.75. The van der Waals surface area contributed by atoms with Crippen molar-refractivity contribution in [2.24, 2.45) is 0 Å². The van der Waals surface area contributed by atoms with Crippen LogP contribution in [0, 0.1) is 20.8 Å². The number of para-hydroxylation sites is 1. The fourth-order valence-electron chi connectivity index (χ4n) is 2.75. The van der Waals surface area contributed by atoms with E-state index in [1.54, 1.807) is 11.6 Å². The largest absolute Gasteiger partial charge is 0.481 e. The first kappa shape index (κ1) is 20.3. The number of ether oxygens (including phenoxy) is 1. The summed E-state index contributed by atoms with van der Waals surface area (Å²) in [6.07, 6.45) is -0.569. The summed E-state index contributed by atoms with van der Waals surface area (Å²) in [5, 5.41) is 18.9. The monoisotopic (exact) mass is 394 g/mol. The number of aromatic nitrogens is 4. The summed E-state index contributed by atoms with van der Waals surface area (Å²) in [5.74, 6) is 1.80. The van der Waals surface area contributed by atoms with Crippen LogP contribution < -0.4 is 15.4 Å². The van der Waals surface area contributed by atoms with E-state index in [-0.39, 0.29) is 5.91 Å². The van der Waals surface area contributed by atoms with Gasteiger partial charge >= 0.3 is 0 Å². The second kappa shape index (κ2) is 9.18. The lowest BCUT2D eigenvalue weighted by Gasteiger charge is -2.14. The molecule has 0 aliphatic rings. The molecule has 0 aliphatic heterocycles. The number of anilines is 1. The first-order valence-electron chi connectivity index (χ1n) is 9.56. The highest BCUT2D eigenvalue weighted by molar-refractivity contribution is 5.80. The van der Waals surface area contributed by atoms with Gasteiger partial charge in [0.05, 0.1) is 5.69 Å². The summed E-state index contributed by atoms with van der Waals surface area (Å²) in [4.78, 5) is 12.1. The number of rotatable bonds is 8. The van der Waals surface area contributed by atoms with Crippen LogP contribution in [0.3, 0.4) is 0 Å². The van der Waals surface area contributed by atoms with E-state index in [9.17, 15) is 4.79 Å². The van der Waals surface area contributed by atoms with Crippen LogP contribution in [-0.2, 0) is 4.79 Å². The number of nitrogens with zero attached hydrogens (tertiary/aromatic N) is 4. The van der Waals surface area contributed by atoms with Gasteiger partial charge in [0.2, 0.25) is 0 Å². The molecule has 2 N–H and O–H groups in total. The van der Waals surface area contributed by atoms with E-state index in [0.29, 0.717) is 30.5 Å². The smallest absolute Gasteiger partial charge is 0.260 e. The molecule has 3 aromatic rings. The number of nitrogens with one attached hydrogen (secondary N) is 2. The molecule has 0 spiro atoms. The molecule has 1 amide bonds. The topological polar surface area (TPSA) is 94.0 Å². The Morgan fingerprint density at radius 3 is 2.45 bits per heavy atom. The third-order valence-corrected chi connectivity index (χ3v) is 4.68. The summed E-state index contributed by atoms with van der Waals surface area (Å²) in [6.45, 7) is 8.72. The van der Waals surface area contributed by atoms with E-state index in [4.69, 9.17) is 4.74 Å². The van der Waals surface area contributed by atoms with Crippen molar-refractivity contribution in [3.8, 4) is 11.6 Å². The van der Waals surface area contributed by atoms with Crippen LogP contribution in [0.5, 0.6) is 5.75 Å². The van der Waals surface area contributed by atoms with Gasteiger partial charge in [-0.25, -0.2) is 4.68 Å². The van der Waals surface area contributed by atoms with Gasteiger partial charge in [0.15, 0.2) is 11.9 Å². The second-order valence-electron chi connectivity index (χ2n) is 6.78. The highest BCUT2D eigenvalue weighted by atomic mass is 16.5. The zero-order valence-electron chi connectivity index (χ0n) is 17.1. The summed E-state index contributed by atoms with van der Waals surface area (Å²) in [7, 11) is 0. The standard InChI is InChI=1S/C21H26N6O2/c1-14-15(2)26-27(16(14)3)20-11-10-19(24-25-20)22-12-13-23-21(28)17(4)29-18-8-6-5-7-9-18/h5-11,17H,12-13H2,1-4H3,(H,22,24)(H,23,28). The number of aryl methyl sites for hydroxylation is 1. The zero-order chi connectivity index (χ0) is 20.8. The quantitative estimate of drug-likeness (QED) is 0.571. The Morgan fingerprint density at radius 1 is 1.07 bits per heavy atom. The molecule has 152 valence electrons. The summed E-state index contributed by atoms with van der Waals surface area (Å²) >= 11 is 0. The van der Waals surface area contributed by atoms with E-state index in [0.717, 1.165) is 17.0 Å². The highest BCUT2D eigenvalue weighted by Gasteiger charge is 2.14. The predicted molar refractivity (Wildman–Crippen MR) is 111 cm³/mol. The molecular weight excluding hydrogens is 368 g/mol. The molecule has 3 rings (SSSR count). The first-order valence-corrected chi connectivity index (χ1v) is 9.56. The Balaban J connectivity index is 1.44. The zero-order valence-corrected chi connectivity index (χ0v) is 17.1. The van der Waals surface area contributed by atoms with Crippen molar-refractivity contribution in [2.45, 2.75) is 33.8 Å². The lowest BCUT2D eigenvalue weighted by Crippen LogP contribution is -2.38. The molecule has 0 saturated heterocycles. The van der Waals surface area contributed by atoms with Crippen molar-refractivity contribution < 1.29 is 9.53 Å². The molecule has 0 bridgehead atoms. The SMILES string of the molecule is Cc1nn(-c2ccc(NCCNC(=O)C(C)Oc3ccccc3)nn2)c(C)c1C. The number of carbonyl (C=O) groups excluding carboxylic acids is 1. The third-order valence-electron chi connectivity index (χ3n) is 4.68. The number of amides is 1. The van der Waals surface area contributed by atoms with Gasteiger partial charge in [-0.3, -0.25) is 4.79 Å². The minimum absolute atomic E-state index is 0.169. The van der Waals surface area contributed by atoms with Crippen molar-refractivity contribution in [1.82, 2.24) is 25.3 Å². The van der Waals surface area contributed by atoms with Crippen molar-refractivity contribution in [2.75, 3.05) is 18.4 Å². The Hall–Kier alpha value is -3.42. The maximum absolute atomic E-state index is 12.1. The number of hydrogen-bond donors (Lipinski definition) is 2. The van der Waals surface area contributed by atoms with E-state index in [1.807, 2.05) is 63.2 Å². The summed E-state index contributed by atoms with van der Waals surface area (Å²) in [5.41, 5.74) is 3.18. The molecule has 8 nitrogen and oxygen atoms in total. The number of carbonyl (C=O) groups is 1. The van der Waals surface area contributed by atoms with Crippen molar-refractivity contribution in [3.63, 3.8) is 0 Å². The Kier molecular flexibility index (Phi) is 6.43. The van der Waals surface area contributed by atoms with Crippen molar-refractivity contribution in [3.05, 3.63) is 59.4 Å². The van der Waals surface area contributed by atoms with Gasteiger partial charge in [0, 0.05) is 18.8 Å².